The van der Waals surface area contributed by atoms with E-state index in [1.165, 1.54) is 7.11 Å². The Bertz CT molecular complexity index is 1270. The largest absolute Gasteiger partial charge is 0.381 e. The van der Waals surface area contributed by atoms with Crippen LogP contribution in [0.25, 0.3) is 17.0 Å². The van der Waals surface area contributed by atoms with Crippen molar-refractivity contribution in [3.8, 4) is 5.95 Å². The molecule has 0 aliphatic carbocycles. The van der Waals surface area contributed by atoms with E-state index >= 15 is 0 Å². The number of fused-ring (bicyclic) bond motifs is 1. The van der Waals surface area contributed by atoms with Crippen molar-refractivity contribution < 1.29 is 14.2 Å². The molecule has 0 unspecified atom stereocenters. The Morgan fingerprint density at radius 2 is 1.83 bits per heavy atom. The van der Waals surface area contributed by atoms with Gasteiger partial charge in [-0.25, -0.2) is 9.82 Å². The van der Waals surface area contributed by atoms with Crippen LogP contribution in [0.1, 0.15) is 11.4 Å². The molecule has 0 aliphatic rings. The molecule has 3 N–H and O–H groups in total. The van der Waals surface area contributed by atoms with Crippen LogP contribution in [-0.4, -0.2) is 31.6 Å². The van der Waals surface area contributed by atoms with Gasteiger partial charge in [0.05, 0.1) is 15.9 Å². The van der Waals surface area contributed by atoms with E-state index in [1.807, 2.05) is 31.2 Å². The third kappa shape index (κ3) is 3.39. The lowest BCUT2D eigenvalue weighted by Gasteiger charge is -2.12. The first kappa shape index (κ1) is 19.2. The van der Waals surface area contributed by atoms with Gasteiger partial charge >= 0.3 is 5.69 Å². The summed E-state index contributed by atoms with van der Waals surface area (Å²) in [5, 5.41) is 2.93. The van der Waals surface area contributed by atoms with E-state index in [0.29, 0.717) is 27.5 Å². The third-order valence-electron chi connectivity index (χ3n) is 4.56. The van der Waals surface area contributed by atoms with E-state index in [-0.39, 0.29) is 23.3 Å². The Kier molecular flexibility index (Phi) is 4.74. The van der Waals surface area contributed by atoms with Crippen LogP contribution in [-0.2, 0) is 4.84 Å². The van der Waals surface area contributed by atoms with Gasteiger partial charge in [0.15, 0.2) is 18.7 Å². The summed E-state index contributed by atoms with van der Waals surface area (Å²) in [6, 6.07) is 12.3. The van der Waals surface area contributed by atoms with Crippen molar-refractivity contribution in [2.24, 2.45) is 0 Å². The van der Waals surface area contributed by atoms with Gasteiger partial charge in [0, 0.05) is 17.8 Å². The smallest absolute Gasteiger partial charge is 0.319 e. The highest BCUT2D eigenvalue weighted by atomic mass is 19.1. The number of hydrogen-bond acceptors (Lipinski definition) is 7. The molecule has 9 nitrogen and oxygen atoms in total. The van der Waals surface area contributed by atoms with Gasteiger partial charge in [-0.3, -0.25) is 4.57 Å². The number of hydrogen-bond donors (Lipinski definition) is 2. The minimum absolute atomic E-state index is 0.0684. The summed E-state index contributed by atoms with van der Waals surface area (Å²) in [5.74, 6) is -0.470. The molecule has 0 fully saturated rings. The number of aryl methyl sites for hydroxylation is 2. The zero-order valence-electron chi connectivity index (χ0n) is 16.5. The molecule has 4 aromatic rings. The van der Waals surface area contributed by atoms with Crippen molar-refractivity contribution in [2.45, 2.75) is 13.8 Å². The van der Waals surface area contributed by atoms with Gasteiger partial charge in [0.1, 0.15) is 5.82 Å². The molecule has 0 spiro atoms. The summed E-state index contributed by atoms with van der Waals surface area (Å²) in [5.41, 5.74) is 8.97. The molecule has 10 heteroatoms. The molecule has 0 bridgehead atoms. The summed E-state index contributed by atoms with van der Waals surface area (Å²) in [7, 11) is 1.27. The zero-order chi connectivity index (χ0) is 21.4. The van der Waals surface area contributed by atoms with Crippen LogP contribution in [0.3, 0.4) is 0 Å². The number of imidazole rings is 1. The Hall–Kier alpha value is -4.08. The average molecular weight is 408 g/mol. The quantitative estimate of drug-likeness (QED) is 0.482. The van der Waals surface area contributed by atoms with Crippen LogP contribution in [0.5, 0.6) is 0 Å². The maximum atomic E-state index is 14.6. The van der Waals surface area contributed by atoms with Crippen molar-refractivity contribution in [3.63, 3.8) is 0 Å². The van der Waals surface area contributed by atoms with Gasteiger partial charge in [-0.05, 0) is 32.0 Å². The highest BCUT2D eigenvalue weighted by molar-refractivity contribution is 5.80. The first-order valence-electron chi connectivity index (χ1n) is 9.05. The van der Waals surface area contributed by atoms with Crippen molar-refractivity contribution >= 4 is 34.0 Å². The SMILES string of the molecule is CO[N+](=O)c1ccc2nc(C)n(-c3nc(N)c(F)c(Nc4ccc(C)cc4)n3)c2c1. The van der Waals surface area contributed by atoms with Crippen LogP contribution in [0.4, 0.5) is 27.4 Å². The highest BCUT2D eigenvalue weighted by Gasteiger charge is 2.21. The number of aromatic nitrogens is 4. The fourth-order valence-corrected chi connectivity index (χ4v) is 3.06. The van der Waals surface area contributed by atoms with Crippen molar-refractivity contribution in [3.05, 3.63) is 64.6 Å². The zero-order valence-corrected chi connectivity index (χ0v) is 16.5. The van der Waals surface area contributed by atoms with Gasteiger partial charge in [-0.2, -0.15) is 14.4 Å². The second kappa shape index (κ2) is 7.39. The maximum Gasteiger partial charge on any atom is 0.319 e. The van der Waals surface area contributed by atoms with Crippen LogP contribution in [0, 0.1) is 24.6 Å². The van der Waals surface area contributed by atoms with Crippen LogP contribution < -0.4 is 11.1 Å². The maximum absolute atomic E-state index is 14.6. The minimum Gasteiger partial charge on any atom is -0.381 e. The number of halogens is 1. The molecule has 4 rings (SSSR count). The summed E-state index contributed by atoms with van der Waals surface area (Å²) in [6.07, 6.45) is 0. The molecule has 0 saturated heterocycles. The monoisotopic (exact) mass is 408 g/mol. The number of benzene rings is 2. The number of nitrogen functional groups attached to an aromatic ring is 1. The van der Waals surface area contributed by atoms with Crippen LogP contribution in [0.2, 0.25) is 0 Å². The Morgan fingerprint density at radius 3 is 2.53 bits per heavy atom. The number of rotatable bonds is 5. The first-order valence-corrected chi connectivity index (χ1v) is 9.05. The Labute approximate surface area is 170 Å². The summed E-state index contributed by atoms with van der Waals surface area (Å²) < 4.78 is 16.2. The van der Waals surface area contributed by atoms with Gasteiger partial charge in [-0.15, -0.1) is 0 Å². The van der Waals surface area contributed by atoms with E-state index in [1.54, 1.807) is 29.7 Å². The van der Waals surface area contributed by atoms with Crippen LogP contribution >= 0.6 is 0 Å². The molecular weight excluding hydrogens is 389 g/mol. The molecule has 30 heavy (non-hydrogen) atoms. The van der Waals surface area contributed by atoms with Crippen molar-refractivity contribution in [1.29, 1.82) is 0 Å². The Morgan fingerprint density at radius 1 is 1.10 bits per heavy atom. The first-order chi connectivity index (χ1) is 14.4. The molecule has 0 saturated carbocycles. The van der Waals surface area contributed by atoms with E-state index in [2.05, 4.69) is 20.3 Å². The summed E-state index contributed by atoms with van der Waals surface area (Å²) in [6.45, 7) is 3.71. The molecule has 0 atom stereocenters. The Balaban J connectivity index is 1.85. The lowest BCUT2D eigenvalue weighted by Crippen LogP contribution is -2.11. The van der Waals surface area contributed by atoms with E-state index in [4.69, 9.17) is 10.6 Å². The fourth-order valence-electron chi connectivity index (χ4n) is 3.06. The van der Waals surface area contributed by atoms with Crippen molar-refractivity contribution in [2.75, 3.05) is 18.2 Å². The molecule has 152 valence electrons. The number of anilines is 3. The topological polar surface area (TPSA) is 111 Å². The lowest BCUT2D eigenvalue weighted by molar-refractivity contribution is -0.736. The second-order valence-electron chi connectivity index (χ2n) is 6.67. The van der Waals surface area contributed by atoms with Crippen molar-refractivity contribution in [1.82, 2.24) is 19.5 Å². The predicted octanol–water partition coefficient (Wildman–Crippen LogP) is 3.87. The van der Waals surface area contributed by atoms with Gasteiger partial charge in [0.2, 0.25) is 11.8 Å². The number of nitrogens with one attached hydrogen (secondary N) is 1. The average Bonchev–Trinajstić information content (AvgIpc) is 3.07. The summed E-state index contributed by atoms with van der Waals surface area (Å²) >= 11 is 0. The van der Waals surface area contributed by atoms with E-state index < -0.39 is 5.82 Å². The van der Waals surface area contributed by atoms with Gasteiger partial charge in [-0.1, -0.05) is 17.7 Å². The summed E-state index contributed by atoms with van der Waals surface area (Å²) in [4.78, 5) is 29.8. The second-order valence-corrected chi connectivity index (χ2v) is 6.67. The van der Waals surface area contributed by atoms with Gasteiger partial charge < -0.3 is 11.1 Å². The third-order valence-corrected chi connectivity index (χ3v) is 4.56. The van der Waals surface area contributed by atoms with E-state index in [9.17, 15) is 9.30 Å². The molecule has 2 aromatic carbocycles. The minimum atomic E-state index is -0.757. The fraction of sp³-hybridized carbons (Fsp3) is 0.150. The van der Waals surface area contributed by atoms with Crippen LogP contribution in [0.15, 0.2) is 42.5 Å². The number of nitrogens with zero attached hydrogens (tertiary/aromatic N) is 5. The lowest BCUT2D eigenvalue weighted by atomic mass is 10.2. The number of nitrogens with two attached hydrogens (primary N) is 1. The molecule has 0 aliphatic heterocycles. The van der Waals surface area contributed by atoms with Gasteiger partial charge in [0.25, 0.3) is 4.92 Å². The normalized spacial score (nSPS) is 10.9. The standard InChI is InChI=1S/C20H19FN7O2/c1-11-4-6-13(7-5-11)24-19-17(21)18(22)25-20(26-19)27-12(2)23-15-9-8-14(10-16(15)27)28(29)30-3/h4-10H,1-3H3,(H3,22,24,25,26)/q+1. The molecule has 2 heterocycles. The molecule has 2 aromatic heterocycles. The predicted molar refractivity (Wildman–Crippen MR) is 111 cm³/mol. The molecule has 0 amide bonds. The molecule has 0 radical (unpaired) electrons. The molecular formula is C20H19FN7O2+. The highest BCUT2D eigenvalue weighted by Crippen LogP contribution is 2.27. The van der Waals surface area contributed by atoms with E-state index in [0.717, 1.165) is 5.56 Å².